The van der Waals surface area contributed by atoms with E-state index in [4.69, 9.17) is 14.2 Å². The van der Waals surface area contributed by atoms with E-state index in [9.17, 15) is 9.59 Å². The first-order valence-corrected chi connectivity index (χ1v) is 9.17. The molecule has 2 aromatic rings. The van der Waals surface area contributed by atoms with E-state index in [0.29, 0.717) is 18.0 Å². The van der Waals surface area contributed by atoms with Crippen LogP contribution in [0.1, 0.15) is 11.1 Å². The van der Waals surface area contributed by atoms with Crippen molar-refractivity contribution in [2.24, 2.45) is 0 Å². The number of rotatable bonds is 7. The van der Waals surface area contributed by atoms with Gasteiger partial charge in [0.2, 0.25) is 6.79 Å². The summed E-state index contributed by atoms with van der Waals surface area (Å²) in [5.74, 6) is 0.455. The molecule has 1 heterocycles. The van der Waals surface area contributed by atoms with Crippen molar-refractivity contribution in [3.8, 4) is 11.5 Å². The molecule has 0 N–H and O–H groups in total. The second kappa shape index (κ2) is 9.14. The van der Waals surface area contributed by atoms with Gasteiger partial charge in [0.05, 0.1) is 0 Å². The number of benzene rings is 2. The first-order valence-electron chi connectivity index (χ1n) is 9.17. The van der Waals surface area contributed by atoms with Crippen LogP contribution in [0.5, 0.6) is 11.5 Å². The molecular weight excluding hydrogens is 372 g/mol. The number of carbonyl (C=O) groups is 2. The molecule has 0 spiro atoms. The van der Waals surface area contributed by atoms with Crippen LogP contribution in [0.2, 0.25) is 0 Å². The fourth-order valence-electron chi connectivity index (χ4n) is 2.73. The van der Waals surface area contributed by atoms with Crippen molar-refractivity contribution in [2.75, 3.05) is 39.4 Å². The Morgan fingerprint density at radius 1 is 1.03 bits per heavy atom. The van der Waals surface area contributed by atoms with Gasteiger partial charge in [0, 0.05) is 39.5 Å². The highest BCUT2D eigenvalue weighted by Gasteiger charge is 2.13. The second-order valence-corrected chi connectivity index (χ2v) is 6.86. The molecule has 7 nitrogen and oxygen atoms in total. The van der Waals surface area contributed by atoms with Crippen LogP contribution in [-0.4, -0.2) is 51.3 Å². The number of amides is 1. The van der Waals surface area contributed by atoms with Crippen molar-refractivity contribution < 1.29 is 23.8 Å². The van der Waals surface area contributed by atoms with E-state index in [2.05, 4.69) is 0 Å². The largest absolute Gasteiger partial charge is 0.454 e. The summed E-state index contributed by atoms with van der Waals surface area (Å²) >= 11 is 0. The summed E-state index contributed by atoms with van der Waals surface area (Å²) in [6.07, 6.45) is 2.88. The Bertz CT molecular complexity index is 906. The van der Waals surface area contributed by atoms with Gasteiger partial charge in [-0.1, -0.05) is 18.2 Å². The molecule has 152 valence electrons. The average molecular weight is 396 g/mol. The molecule has 0 saturated carbocycles. The summed E-state index contributed by atoms with van der Waals surface area (Å²) in [6, 6.07) is 13.3. The summed E-state index contributed by atoms with van der Waals surface area (Å²) in [4.78, 5) is 27.6. The van der Waals surface area contributed by atoms with Gasteiger partial charge in [0.25, 0.3) is 5.91 Å². The van der Waals surface area contributed by atoms with E-state index in [1.165, 1.54) is 11.0 Å². The van der Waals surface area contributed by atoms with Gasteiger partial charge in [0.15, 0.2) is 18.1 Å². The zero-order valence-electron chi connectivity index (χ0n) is 16.8. The first kappa shape index (κ1) is 20.3. The molecule has 0 bridgehead atoms. The minimum absolute atomic E-state index is 0.194. The summed E-state index contributed by atoms with van der Waals surface area (Å²) in [7, 11) is 5.62. The molecule has 0 atom stereocenters. The van der Waals surface area contributed by atoms with Crippen LogP contribution in [-0.2, 0) is 20.9 Å². The van der Waals surface area contributed by atoms with Crippen LogP contribution in [0, 0.1) is 0 Å². The number of hydrogen-bond acceptors (Lipinski definition) is 6. The molecule has 0 radical (unpaired) electrons. The molecule has 0 fully saturated rings. The molecule has 0 aliphatic carbocycles. The molecular formula is C22H24N2O5. The molecule has 1 amide bonds. The van der Waals surface area contributed by atoms with Crippen LogP contribution in [0.25, 0.3) is 6.08 Å². The van der Waals surface area contributed by atoms with E-state index in [1.807, 2.05) is 43.3 Å². The highest BCUT2D eigenvalue weighted by atomic mass is 16.7. The number of hydrogen-bond donors (Lipinski definition) is 0. The van der Waals surface area contributed by atoms with Crippen LogP contribution in [0.15, 0.2) is 48.5 Å². The van der Waals surface area contributed by atoms with Crippen LogP contribution in [0.4, 0.5) is 5.69 Å². The minimum atomic E-state index is -0.584. The highest BCUT2D eigenvalue weighted by Crippen LogP contribution is 2.32. The lowest BCUT2D eigenvalue weighted by Gasteiger charge is -2.18. The van der Waals surface area contributed by atoms with Gasteiger partial charge in [-0.3, -0.25) is 4.79 Å². The van der Waals surface area contributed by atoms with Crippen LogP contribution < -0.4 is 14.4 Å². The lowest BCUT2D eigenvalue weighted by molar-refractivity contribution is -0.147. The van der Waals surface area contributed by atoms with Crippen molar-refractivity contribution >= 4 is 23.6 Å². The molecule has 1 aliphatic rings. The zero-order valence-corrected chi connectivity index (χ0v) is 16.8. The number of esters is 1. The maximum absolute atomic E-state index is 12.2. The minimum Gasteiger partial charge on any atom is -0.454 e. The summed E-state index contributed by atoms with van der Waals surface area (Å²) in [6.45, 7) is 0.327. The maximum atomic E-state index is 12.2. The molecule has 0 saturated heterocycles. The van der Waals surface area contributed by atoms with E-state index < -0.39 is 5.97 Å². The van der Waals surface area contributed by atoms with Gasteiger partial charge in [-0.2, -0.15) is 0 Å². The SMILES string of the molecule is CN(Cc1ccc(N(C)C)cc1)C(=O)COC(=O)/C=C/c1ccc2c(c1)OCO2. The fourth-order valence-corrected chi connectivity index (χ4v) is 2.73. The Morgan fingerprint density at radius 2 is 1.76 bits per heavy atom. The normalized spacial score (nSPS) is 12.1. The average Bonchev–Trinajstić information content (AvgIpc) is 3.18. The number of fused-ring (bicyclic) bond motifs is 1. The lowest BCUT2D eigenvalue weighted by Crippen LogP contribution is -2.30. The highest BCUT2D eigenvalue weighted by molar-refractivity contribution is 5.89. The monoisotopic (exact) mass is 396 g/mol. The van der Waals surface area contributed by atoms with E-state index in [1.54, 1.807) is 31.3 Å². The topological polar surface area (TPSA) is 68.3 Å². The van der Waals surface area contributed by atoms with Gasteiger partial charge in [0.1, 0.15) is 0 Å². The molecule has 3 rings (SSSR count). The molecule has 1 aliphatic heterocycles. The van der Waals surface area contributed by atoms with Crippen molar-refractivity contribution in [1.29, 1.82) is 0 Å². The molecule has 0 unspecified atom stereocenters. The summed E-state index contributed by atoms with van der Waals surface area (Å²) < 4.78 is 15.6. The maximum Gasteiger partial charge on any atom is 0.331 e. The third kappa shape index (κ3) is 5.51. The Balaban J connectivity index is 1.46. The summed E-state index contributed by atoms with van der Waals surface area (Å²) in [5, 5.41) is 0. The standard InChI is InChI=1S/C22H24N2O5/c1-23(2)18-8-4-17(5-9-18)13-24(3)21(25)14-27-22(26)11-7-16-6-10-19-20(12-16)29-15-28-19/h4-12H,13-15H2,1-3H3/b11-7+. The first-order chi connectivity index (χ1) is 13.9. The third-order valence-corrected chi connectivity index (χ3v) is 4.44. The molecule has 29 heavy (non-hydrogen) atoms. The fraction of sp³-hybridized carbons (Fsp3) is 0.273. The zero-order chi connectivity index (χ0) is 20.8. The van der Waals surface area contributed by atoms with Crippen LogP contribution >= 0.6 is 0 Å². The van der Waals surface area contributed by atoms with Gasteiger partial charge in [-0.15, -0.1) is 0 Å². The molecule has 2 aromatic carbocycles. The van der Waals surface area contributed by atoms with Gasteiger partial charge < -0.3 is 24.0 Å². The Morgan fingerprint density at radius 3 is 2.48 bits per heavy atom. The van der Waals surface area contributed by atoms with Gasteiger partial charge >= 0.3 is 5.97 Å². The van der Waals surface area contributed by atoms with Gasteiger partial charge in [-0.25, -0.2) is 4.79 Å². The Kier molecular flexibility index (Phi) is 6.39. The third-order valence-electron chi connectivity index (χ3n) is 4.44. The van der Waals surface area contributed by atoms with Crippen molar-refractivity contribution in [3.63, 3.8) is 0 Å². The van der Waals surface area contributed by atoms with E-state index in [-0.39, 0.29) is 19.3 Å². The number of anilines is 1. The van der Waals surface area contributed by atoms with E-state index in [0.717, 1.165) is 16.8 Å². The molecule has 0 aromatic heterocycles. The van der Waals surface area contributed by atoms with E-state index >= 15 is 0 Å². The lowest BCUT2D eigenvalue weighted by atomic mass is 10.2. The van der Waals surface area contributed by atoms with Crippen LogP contribution in [0.3, 0.4) is 0 Å². The smallest absolute Gasteiger partial charge is 0.331 e. The van der Waals surface area contributed by atoms with Gasteiger partial charge in [-0.05, 0) is 41.5 Å². The second-order valence-electron chi connectivity index (χ2n) is 6.86. The van der Waals surface area contributed by atoms with Crippen molar-refractivity contribution in [2.45, 2.75) is 6.54 Å². The predicted octanol–water partition coefficient (Wildman–Crippen LogP) is 2.70. The number of likely N-dealkylation sites (N-methyl/N-ethyl adjacent to an activating group) is 1. The summed E-state index contributed by atoms with van der Waals surface area (Å²) in [5.41, 5.74) is 2.86. The quantitative estimate of drug-likeness (QED) is 0.530. The number of ether oxygens (including phenoxy) is 3. The Hall–Kier alpha value is -3.48. The number of carbonyl (C=O) groups excluding carboxylic acids is 2. The van der Waals surface area contributed by atoms with Crippen molar-refractivity contribution in [1.82, 2.24) is 4.90 Å². The molecule has 7 heteroatoms. The Labute approximate surface area is 170 Å². The number of nitrogens with zero attached hydrogens (tertiary/aromatic N) is 2. The predicted molar refractivity (Wildman–Crippen MR) is 110 cm³/mol. The van der Waals surface area contributed by atoms with Crippen molar-refractivity contribution in [3.05, 3.63) is 59.7 Å².